The summed E-state index contributed by atoms with van der Waals surface area (Å²) in [7, 11) is -4.07. The first-order chi connectivity index (χ1) is 13.0. The van der Waals surface area contributed by atoms with Crippen LogP contribution < -0.4 is 10.0 Å². The molecule has 0 bridgehead atoms. The number of hydrogen-bond acceptors (Lipinski definition) is 3. The molecule has 0 radical (unpaired) electrons. The van der Waals surface area contributed by atoms with E-state index < -0.39 is 16.1 Å². The molecular formula is C20H17FN2O3S. The maximum Gasteiger partial charge on any atom is 0.328 e. The zero-order valence-electron chi connectivity index (χ0n) is 14.2. The first-order valence-electron chi connectivity index (χ1n) is 8.15. The van der Waals surface area contributed by atoms with E-state index in [0.717, 1.165) is 5.56 Å². The fourth-order valence-corrected chi connectivity index (χ4v) is 3.71. The van der Waals surface area contributed by atoms with Gasteiger partial charge in [-0.2, -0.15) is 0 Å². The molecule has 7 heteroatoms. The van der Waals surface area contributed by atoms with Gasteiger partial charge in [-0.05, 0) is 29.3 Å². The van der Waals surface area contributed by atoms with Crippen molar-refractivity contribution in [1.82, 2.24) is 10.0 Å². The van der Waals surface area contributed by atoms with Crippen molar-refractivity contribution < 1.29 is 17.6 Å². The second-order valence-corrected chi connectivity index (χ2v) is 7.43. The number of nitrogens with one attached hydrogen (secondary N) is 2. The van der Waals surface area contributed by atoms with Gasteiger partial charge in [-0.3, -0.25) is 0 Å². The zero-order valence-corrected chi connectivity index (χ0v) is 15.0. The summed E-state index contributed by atoms with van der Waals surface area (Å²) in [6, 6.07) is 20.2. The van der Waals surface area contributed by atoms with Crippen molar-refractivity contribution in [3.8, 4) is 11.1 Å². The second-order valence-electron chi connectivity index (χ2n) is 5.78. The normalized spacial score (nSPS) is 11.0. The molecule has 3 rings (SSSR count). The van der Waals surface area contributed by atoms with Crippen LogP contribution in [-0.2, 0) is 16.6 Å². The summed E-state index contributed by atoms with van der Waals surface area (Å²) >= 11 is 0. The molecule has 138 valence electrons. The highest BCUT2D eigenvalue weighted by Gasteiger charge is 2.21. The summed E-state index contributed by atoms with van der Waals surface area (Å²) in [5, 5.41) is 2.45. The fourth-order valence-electron chi connectivity index (χ4n) is 2.55. The minimum Gasteiger partial charge on any atom is -0.333 e. The lowest BCUT2D eigenvalue weighted by Crippen LogP contribution is -2.39. The third kappa shape index (κ3) is 4.71. The van der Waals surface area contributed by atoms with Crippen molar-refractivity contribution in [2.75, 3.05) is 0 Å². The van der Waals surface area contributed by atoms with Crippen molar-refractivity contribution in [2.45, 2.75) is 11.4 Å². The van der Waals surface area contributed by atoms with Gasteiger partial charge in [0.2, 0.25) is 0 Å². The summed E-state index contributed by atoms with van der Waals surface area (Å²) < 4.78 is 40.2. The number of carbonyl (C=O) groups excluding carboxylic acids is 1. The Hall–Kier alpha value is -3.19. The summed E-state index contributed by atoms with van der Waals surface area (Å²) in [6.45, 7) is 0.0714. The van der Waals surface area contributed by atoms with Crippen molar-refractivity contribution >= 4 is 16.1 Å². The molecule has 0 heterocycles. The Labute approximate surface area is 156 Å². The van der Waals surface area contributed by atoms with E-state index >= 15 is 0 Å². The molecule has 0 aliphatic rings. The highest BCUT2D eigenvalue weighted by atomic mass is 32.2. The molecule has 3 aromatic carbocycles. The predicted molar refractivity (Wildman–Crippen MR) is 101 cm³/mol. The molecule has 0 atom stereocenters. The monoisotopic (exact) mass is 384 g/mol. The first-order valence-corrected chi connectivity index (χ1v) is 9.63. The van der Waals surface area contributed by atoms with E-state index in [4.69, 9.17) is 0 Å². The molecule has 0 saturated carbocycles. The van der Waals surface area contributed by atoms with Crippen molar-refractivity contribution in [2.24, 2.45) is 0 Å². The predicted octanol–water partition coefficient (Wildman–Crippen LogP) is 3.68. The smallest absolute Gasteiger partial charge is 0.328 e. The lowest BCUT2D eigenvalue weighted by atomic mass is 10.1. The average molecular weight is 384 g/mol. The minimum atomic E-state index is -4.07. The topological polar surface area (TPSA) is 75.3 Å². The fraction of sp³-hybridized carbons (Fsp3) is 0.0500. The van der Waals surface area contributed by atoms with E-state index in [1.807, 2.05) is 22.9 Å². The maximum atomic E-state index is 12.9. The summed E-state index contributed by atoms with van der Waals surface area (Å²) in [4.78, 5) is 12.1. The SMILES string of the molecule is O=C(NCc1ccc(F)cc1)NS(=O)(=O)c1ccccc1-c1ccccc1. The van der Waals surface area contributed by atoms with Gasteiger partial charge in [-0.1, -0.05) is 60.7 Å². The molecule has 0 aliphatic heterocycles. The van der Waals surface area contributed by atoms with E-state index in [9.17, 15) is 17.6 Å². The molecule has 0 saturated heterocycles. The van der Waals surface area contributed by atoms with Crippen LogP contribution in [0, 0.1) is 5.82 Å². The molecule has 0 fully saturated rings. The molecule has 0 aliphatic carbocycles. The number of urea groups is 1. The molecule has 5 nitrogen and oxygen atoms in total. The first kappa shape index (κ1) is 18.6. The van der Waals surface area contributed by atoms with Crippen molar-refractivity contribution in [1.29, 1.82) is 0 Å². The lowest BCUT2D eigenvalue weighted by Gasteiger charge is -2.12. The van der Waals surface area contributed by atoms with Crippen LogP contribution in [0.15, 0.2) is 83.8 Å². The van der Waals surface area contributed by atoms with Crippen LogP contribution in [-0.4, -0.2) is 14.4 Å². The molecule has 0 aromatic heterocycles. The van der Waals surface area contributed by atoms with Crippen LogP contribution in [0.5, 0.6) is 0 Å². The van der Waals surface area contributed by atoms with E-state index in [0.29, 0.717) is 11.1 Å². The minimum absolute atomic E-state index is 0.00753. The van der Waals surface area contributed by atoms with Crippen LogP contribution >= 0.6 is 0 Å². The molecule has 0 unspecified atom stereocenters. The number of carbonyl (C=O) groups is 1. The highest BCUT2D eigenvalue weighted by molar-refractivity contribution is 7.90. The number of hydrogen-bond donors (Lipinski definition) is 2. The number of benzene rings is 3. The third-order valence-electron chi connectivity index (χ3n) is 3.85. The Morgan fingerprint density at radius 1 is 0.852 bits per heavy atom. The molecule has 3 aromatic rings. The Kier molecular flexibility index (Phi) is 5.52. The molecule has 2 N–H and O–H groups in total. The Balaban J connectivity index is 1.75. The number of sulfonamides is 1. The number of halogens is 1. The Morgan fingerprint density at radius 3 is 2.19 bits per heavy atom. The Bertz CT molecular complexity index is 1040. The van der Waals surface area contributed by atoms with E-state index in [-0.39, 0.29) is 17.3 Å². The van der Waals surface area contributed by atoms with Gasteiger partial charge < -0.3 is 5.32 Å². The standard InChI is InChI=1S/C20H17FN2O3S/c21-17-12-10-15(11-13-17)14-22-20(24)23-27(25,26)19-9-5-4-8-18(19)16-6-2-1-3-7-16/h1-13H,14H2,(H2,22,23,24). The molecular weight excluding hydrogens is 367 g/mol. The molecule has 0 spiro atoms. The van der Waals surface area contributed by atoms with Gasteiger partial charge in [-0.15, -0.1) is 0 Å². The van der Waals surface area contributed by atoms with E-state index in [2.05, 4.69) is 5.32 Å². The molecule has 2 amide bonds. The van der Waals surface area contributed by atoms with E-state index in [1.165, 1.54) is 30.3 Å². The van der Waals surface area contributed by atoms with E-state index in [1.54, 1.807) is 30.3 Å². The van der Waals surface area contributed by atoms with Gasteiger partial charge >= 0.3 is 6.03 Å². The average Bonchev–Trinajstić information content (AvgIpc) is 2.68. The molecule has 27 heavy (non-hydrogen) atoms. The van der Waals surface area contributed by atoms with Gasteiger partial charge in [-0.25, -0.2) is 22.3 Å². The van der Waals surface area contributed by atoms with Gasteiger partial charge in [0.05, 0.1) is 4.90 Å². The third-order valence-corrected chi connectivity index (χ3v) is 5.24. The maximum absolute atomic E-state index is 12.9. The number of amides is 2. The van der Waals surface area contributed by atoms with Gasteiger partial charge in [0.1, 0.15) is 5.82 Å². The largest absolute Gasteiger partial charge is 0.333 e. The van der Waals surface area contributed by atoms with Crippen LogP contribution in [0.25, 0.3) is 11.1 Å². The van der Waals surface area contributed by atoms with Crippen LogP contribution in [0.3, 0.4) is 0 Å². The number of rotatable bonds is 5. The Morgan fingerprint density at radius 2 is 1.48 bits per heavy atom. The van der Waals surface area contributed by atoms with Gasteiger partial charge in [0.15, 0.2) is 0 Å². The second kappa shape index (κ2) is 8.01. The van der Waals surface area contributed by atoms with Crippen LogP contribution in [0.2, 0.25) is 0 Å². The summed E-state index contributed by atoms with van der Waals surface area (Å²) in [5.41, 5.74) is 1.87. The van der Waals surface area contributed by atoms with Crippen molar-refractivity contribution in [3.05, 3.63) is 90.2 Å². The summed E-state index contributed by atoms with van der Waals surface area (Å²) in [6.07, 6.45) is 0. The van der Waals surface area contributed by atoms with Crippen LogP contribution in [0.4, 0.5) is 9.18 Å². The lowest BCUT2D eigenvalue weighted by molar-refractivity contribution is 0.245. The quantitative estimate of drug-likeness (QED) is 0.705. The van der Waals surface area contributed by atoms with Gasteiger partial charge in [0, 0.05) is 12.1 Å². The summed E-state index contributed by atoms with van der Waals surface area (Å²) in [5.74, 6) is -0.386. The highest BCUT2D eigenvalue weighted by Crippen LogP contribution is 2.26. The van der Waals surface area contributed by atoms with Gasteiger partial charge in [0.25, 0.3) is 10.0 Å². The van der Waals surface area contributed by atoms with Crippen molar-refractivity contribution in [3.63, 3.8) is 0 Å². The van der Waals surface area contributed by atoms with Crippen LogP contribution in [0.1, 0.15) is 5.56 Å². The zero-order chi connectivity index (χ0) is 19.3.